The van der Waals surface area contributed by atoms with Crippen LogP contribution in [0.2, 0.25) is 0 Å². The minimum absolute atomic E-state index is 0.761. The fraction of sp³-hybridized carbons (Fsp3) is 0.0732. The molecule has 0 aliphatic heterocycles. The highest BCUT2D eigenvalue weighted by Crippen LogP contribution is 2.39. The largest absolute Gasteiger partial charge is 0.457 e. The average molecular weight is 595 g/mol. The maximum atomic E-state index is 6.61. The highest BCUT2D eigenvalue weighted by atomic mass is 16.5. The average Bonchev–Trinajstić information content (AvgIpc) is 3.65. The van der Waals surface area contributed by atoms with E-state index in [4.69, 9.17) is 9.72 Å². The number of nitrogens with zero attached hydrogens (tertiary/aromatic N) is 4. The van der Waals surface area contributed by atoms with Gasteiger partial charge >= 0.3 is 0 Å². The summed E-state index contributed by atoms with van der Waals surface area (Å²) in [5, 5.41) is 5.72. The summed E-state index contributed by atoms with van der Waals surface area (Å²) in [5.74, 6) is 2.40. The van der Waals surface area contributed by atoms with Crippen molar-refractivity contribution >= 4 is 49.1 Å². The zero-order valence-corrected chi connectivity index (χ0v) is 25.8. The first-order valence-corrected chi connectivity index (χ1v) is 15.6. The molecule has 5 nitrogen and oxygen atoms in total. The zero-order valence-electron chi connectivity index (χ0n) is 25.8. The van der Waals surface area contributed by atoms with Gasteiger partial charge in [-0.1, -0.05) is 60.2 Å². The minimum Gasteiger partial charge on any atom is -0.457 e. The lowest BCUT2D eigenvalue weighted by Crippen LogP contribution is -1.97. The number of aryl methyl sites for hydroxylation is 3. The van der Waals surface area contributed by atoms with E-state index in [0.717, 1.165) is 61.4 Å². The van der Waals surface area contributed by atoms with Gasteiger partial charge in [0.2, 0.25) is 0 Å². The van der Waals surface area contributed by atoms with Crippen LogP contribution in [0.3, 0.4) is 0 Å². The van der Waals surface area contributed by atoms with Crippen molar-refractivity contribution in [3.8, 4) is 28.6 Å². The van der Waals surface area contributed by atoms with E-state index < -0.39 is 0 Å². The Morgan fingerprint density at radius 1 is 0.543 bits per heavy atom. The van der Waals surface area contributed by atoms with Gasteiger partial charge in [0.25, 0.3) is 0 Å². The number of fused-ring (bicyclic) bond motifs is 9. The number of hydrogen-bond acceptors (Lipinski definition) is 3. The van der Waals surface area contributed by atoms with Crippen LogP contribution in [0.5, 0.6) is 11.5 Å². The molecule has 5 heteroatoms. The molecule has 5 aromatic carbocycles. The van der Waals surface area contributed by atoms with Crippen molar-refractivity contribution in [2.75, 3.05) is 0 Å². The molecule has 0 spiro atoms. The number of aromatic nitrogens is 4. The van der Waals surface area contributed by atoms with Crippen molar-refractivity contribution in [3.63, 3.8) is 0 Å². The van der Waals surface area contributed by atoms with Crippen molar-refractivity contribution in [1.82, 2.24) is 18.9 Å². The molecule has 0 amide bonds. The Labute approximate surface area is 266 Å². The Kier molecular flexibility index (Phi) is 5.78. The van der Waals surface area contributed by atoms with Gasteiger partial charge in [-0.05, 0) is 91.9 Å². The molecular weight excluding hydrogens is 564 g/mol. The molecule has 0 fully saturated rings. The third-order valence-electron chi connectivity index (χ3n) is 9.12. The van der Waals surface area contributed by atoms with Crippen LogP contribution < -0.4 is 4.74 Å². The van der Waals surface area contributed by atoms with Gasteiger partial charge in [-0.3, -0.25) is 8.97 Å². The van der Waals surface area contributed by atoms with Gasteiger partial charge in [0, 0.05) is 39.4 Å². The van der Waals surface area contributed by atoms with Crippen molar-refractivity contribution < 1.29 is 4.74 Å². The van der Waals surface area contributed by atoms with Crippen LogP contribution in [-0.2, 0) is 0 Å². The lowest BCUT2D eigenvalue weighted by molar-refractivity contribution is 0.484. The molecule has 0 saturated heterocycles. The molecule has 0 aliphatic carbocycles. The number of rotatable bonds is 4. The quantitative estimate of drug-likeness (QED) is 0.190. The van der Waals surface area contributed by atoms with E-state index in [2.05, 4.69) is 126 Å². The number of ether oxygens (including phenoxy) is 1. The number of imidazole rings is 1. The monoisotopic (exact) mass is 594 g/mol. The summed E-state index contributed by atoms with van der Waals surface area (Å²) in [7, 11) is 0. The summed E-state index contributed by atoms with van der Waals surface area (Å²) in [6.07, 6.45) is 3.85. The molecule has 4 heterocycles. The van der Waals surface area contributed by atoms with E-state index in [-0.39, 0.29) is 0 Å². The highest BCUT2D eigenvalue weighted by molar-refractivity contribution is 6.13. The first-order chi connectivity index (χ1) is 22.5. The number of hydrogen-bond donors (Lipinski definition) is 0. The van der Waals surface area contributed by atoms with Crippen LogP contribution in [0, 0.1) is 20.8 Å². The topological polar surface area (TPSA) is 44.3 Å². The Bertz CT molecular complexity index is 2620. The van der Waals surface area contributed by atoms with E-state index in [9.17, 15) is 0 Å². The van der Waals surface area contributed by atoms with Gasteiger partial charge in [0.1, 0.15) is 23.0 Å². The normalized spacial score (nSPS) is 11.8. The number of benzene rings is 5. The summed E-state index contributed by atoms with van der Waals surface area (Å²) >= 11 is 0. The highest BCUT2D eigenvalue weighted by Gasteiger charge is 2.18. The molecule has 0 N–H and O–H groups in total. The molecule has 9 rings (SSSR count). The van der Waals surface area contributed by atoms with E-state index >= 15 is 0 Å². The maximum absolute atomic E-state index is 6.61. The van der Waals surface area contributed by atoms with Crippen LogP contribution in [0.1, 0.15) is 16.7 Å². The molecule has 4 aromatic heterocycles. The molecule has 46 heavy (non-hydrogen) atoms. The number of pyridine rings is 2. The summed E-state index contributed by atoms with van der Waals surface area (Å²) < 4.78 is 11.1. The summed E-state index contributed by atoms with van der Waals surface area (Å²) in [6.45, 7) is 6.53. The molecule has 0 bridgehead atoms. The molecule has 0 unspecified atom stereocenters. The van der Waals surface area contributed by atoms with E-state index in [1.165, 1.54) is 33.0 Å². The minimum atomic E-state index is 0.761. The molecule has 220 valence electrons. The second-order valence-corrected chi connectivity index (χ2v) is 12.1. The maximum Gasteiger partial charge on any atom is 0.145 e. The van der Waals surface area contributed by atoms with Crippen molar-refractivity contribution in [2.24, 2.45) is 0 Å². The van der Waals surface area contributed by atoms with Gasteiger partial charge in [-0.15, -0.1) is 0 Å². The zero-order chi connectivity index (χ0) is 30.9. The molecule has 9 aromatic rings. The summed E-state index contributed by atoms with van der Waals surface area (Å²) in [6, 6.07) is 40.2. The van der Waals surface area contributed by atoms with Gasteiger partial charge in [0.15, 0.2) is 0 Å². The Hall–Kier alpha value is -5.94. The predicted molar refractivity (Wildman–Crippen MR) is 189 cm³/mol. The Morgan fingerprint density at radius 2 is 1.20 bits per heavy atom. The lowest BCUT2D eigenvalue weighted by Gasteiger charge is -2.15. The Morgan fingerprint density at radius 3 is 1.96 bits per heavy atom. The van der Waals surface area contributed by atoms with Gasteiger partial charge < -0.3 is 4.74 Å². The van der Waals surface area contributed by atoms with Gasteiger partial charge in [0.05, 0.1) is 28.4 Å². The first-order valence-electron chi connectivity index (χ1n) is 15.6. The number of para-hydroxylation sites is 2. The van der Waals surface area contributed by atoms with Crippen LogP contribution in [-0.4, -0.2) is 18.9 Å². The summed E-state index contributed by atoms with van der Waals surface area (Å²) in [4.78, 5) is 9.71. The second kappa shape index (κ2) is 10.0. The van der Waals surface area contributed by atoms with Crippen LogP contribution >= 0.6 is 0 Å². The van der Waals surface area contributed by atoms with Crippen molar-refractivity contribution in [1.29, 1.82) is 0 Å². The smallest absolute Gasteiger partial charge is 0.145 e. The third-order valence-corrected chi connectivity index (χ3v) is 9.12. The SMILES string of the molecule is Cc1cc(C)c(-c2cnc3c4cc(Oc5ccc6c7ccccc7n(-c7ccccn7)c6c5)ccc4c4ccccc4n23)c(C)c1. The molecule has 0 saturated carbocycles. The van der Waals surface area contributed by atoms with Crippen LogP contribution in [0.25, 0.3) is 66.2 Å². The van der Waals surface area contributed by atoms with Gasteiger partial charge in [-0.25, -0.2) is 9.97 Å². The molecule has 0 atom stereocenters. The standard InChI is InChI=1S/C41H30N4O/c1-25-20-26(2)40(27(3)21-25)38-24-43-41-34-22-28(15-17-30(34)31-10-4-7-13-36(31)45(38)41)46-29-16-18-33-32-11-5-6-12-35(32)44(37(33)23-29)39-14-8-9-19-42-39/h4-24H,1-3H3. The Balaban J connectivity index is 1.22. The molecule has 0 aliphatic rings. The van der Waals surface area contributed by atoms with Crippen LogP contribution in [0.4, 0.5) is 0 Å². The van der Waals surface area contributed by atoms with Gasteiger partial charge in [-0.2, -0.15) is 0 Å². The second-order valence-electron chi connectivity index (χ2n) is 12.1. The third kappa shape index (κ3) is 3.95. The lowest BCUT2D eigenvalue weighted by atomic mass is 9.97. The van der Waals surface area contributed by atoms with Crippen molar-refractivity contribution in [3.05, 3.63) is 144 Å². The van der Waals surface area contributed by atoms with E-state index in [1.807, 2.05) is 36.7 Å². The fourth-order valence-electron chi connectivity index (χ4n) is 7.33. The summed E-state index contributed by atoms with van der Waals surface area (Å²) in [5.41, 5.74) is 10.3. The van der Waals surface area contributed by atoms with E-state index in [1.54, 1.807) is 0 Å². The first kappa shape index (κ1) is 26.5. The molecular formula is C41H30N4O. The fourth-order valence-corrected chi connectivity index (χ4v) is 7.33. The van der Waals surface area contributed by atoms with E-state index in [0.29, 0.717) is 0 Å². The van der Waals surface area contributed by atoms with Crippen LogP contribution in [0.15, 0.2) is 128 Å². The van der Waals surface area contributed by atoms with Crippen molar-refractivity contribution in [2.45, 2.75) is 20.8 Å². The predicted octanol–water partition coefficient (Wildman–Crippen LogP) is 10.5. The molecule has 0 radical (unpaired) electrons.